The first-order valence-electron chi connectivity index (χ1n) is 8.33. The van der Waals surface area contributed by atoms with Gasteiger partial charge in [0.1, 0.15) is 17.2 Å². The summed E-state index contributed by atoms with van der Waals surface area (Å²) < 4.78 is 10.2. The Morgan fingerprint density at radius 1 is 0.926 bits per heavy atom. The first-order chi connectivity index (χ1) is 13.2. The van der Waals surface area contributed by atoms with Gasteiger partial charge in [-0.05, 0) is 48.0 Å². The van der Waals surface area contributed by atoms with E-state index in [1.807, 2.05) is 48.5 Å². The first kappa shape index (κ1) is 18.2. The summed E-state index contributed by atoms with van der Waals surface area (Å²) in [6, 6.07) is 16.4. The SMILES string of the molecule is COc1ccc(CNC(=O)c2ccnc(Nc3ccc(OC)cc3)n2)cc1. The van der Waals surface area contributed by atoms with E-state index in [2.05, 4.69) is 20.6 Å². The van der Waals surface area contributed by atoms with Crippen LogP contribution in [0, 0.1) is 0 Å². The quantitative estimate of drug-likeness (QED) is 0.670. The van der Waals surface area contributed by atoms with Crippen LogP contribution >= 0.6 is 0 Å². The number of benzene rings is 2. The van der Waals surface area contributed by atoms with Gasteiger partial charge >= 0.3 is 0 Å². The lowest BCUT2D eigenvalue weighted by Gasteiger charge is -2.08. The number of hydrogen-bond acceptors (Lipinski definition) is 6. The zero-order chi connectivity index (χ0) is 19.1. The minimum Gasteiger partial charge on any atom is -0.497 e. The predicted molar refractivity (Wildman–Crippen MR) is 102 cm³/mol. The molecule has 0 aliphatic carbocycles. The fourth-order valence-corrected chi connectivity index (χ4v) is 2.37. The van der Waals surface area contributed by atoms with Crippen LogP contribution < -0.4 is 20.1 Å². The molecule has 1 heterocycles. The van der Waals surface area contributed by atoms with Gasteiger partial charge in [0.2, 0.25) is 5.95 Å². The molecule has 7 nitrogen and oxygen atoms in total. The maximum absolute atomic E-state index is 12.4. The summed E-state index contributed by atoms with van der Waals surface area (Å²) in [5, 5.41) is 5.91. The standard InChI is InChI=1S/C20H20N4O3/c1-26-16-7-3-14(4-8-16)13-22-19(25)18-11-12-21-20(24-18)23-15-5-9-17(27-2)10-6-15/h3-12H,13H2,1-2H3,(H,22,25)(H,21,23,24). The molecule has 3 aromatic rings. The van der Waals surface area contributed by atoms with Gasteiger partial charge in [-0.3, -0.25) is 4.79 Å². The predicted octanol–water partition coefficient (Wildman–Crippen LogP) is 3.17. The molecule has 1 aromatic heterocycles. The Bertz CT molecular complexity index is 896. The van der Waals surface area contributed by atoms with Crippen molar-refractivity contribution < 1.29 is 14.3 Å². The Labute approximate surface area is 157 Å². The van der Waals surface area contributed by atoms with Crippen molar-refractivity contribution in [3.05, 3.63) is 72.1 Å². The highest BCUT2D eigenvalue weighted by atomic mass is 16.5. The molecular formula is C20H20N4O3. The average molecular weight is 364 g/mol. The summed E-state index contributed by atoms with van der Waals surface area (Å²) in [7, 11) is 3.23. The monoisotopic (exact) mass is 364 g/mol. The summed E-state index contributed by atoms with van der Waals surface area (Å²) >= 11 is 0. The number of rotatable bonds is 7. The van der Waals surface area contributed by atoms with E-state index in [1.165, 1.54) is 0 Å². The molecule has 0 radical (unpaired) electrons. The van der Waals surface area contributed by atoms with Crippen LogP contribution in [0.3, 0.4) is 0 Å². The number of carbonyl (C=O) groups is 1. The third-order valence-electron chi connectivity index (χ3n) is 3.85. The molecule has 27 heavy (non-hydrogen) atoms. The van der Waals surface area contributed by atoms with E-state index in [0.29, 0.717) is 12.5 Å². The fourth-order valence-electron chi connectivity index (χ4n) is 2.37. The summed E-state index contributed by atoms with van der Waals surface area (Å²) in [6.45, 7) is 0.397. The Morgan fingerprint density at radius 3 is 2.19 bits per heavy atom. The Hall–Kier alpha value is -3.61. The number of ether oxygens (including phenoxy) is 2. The molecule has 7 heteroatoms. The highest BCUT2D eigenvalue weighted by Crippen LogP contribution is 2.17. The number of nitrogens with zero attached hydrogens (tertiary/aromatic N) is 2. The first-order valence-corrected chi connectivity index (χ1v) is 8.33. The zero-order valence-corrected chi connectivity index (χ0v) is 15.1. The van der Waals surface area contributed by atoms with Crippen molar-refractivity contribution in [1.82, 2.24) is 15.3 Å². The van der Waals surface area contributed by atoms with Gasteiger partial charge in [0.15, 0.2) is 0 Å². The van der Waals surface area contributed by atoms with Gasteiger partial charge in [-0.15, -0.1) is 0 Å². The number of hydrogen-bond donors (Lipinski definition) is 2. The average Bonchev–Trinajstić information content (AvgIpc) is 2.73. The van der Waals surface area contributed by atoms with Crippen LogP contribution in [-0.4, -0.2) is 30.1 Å². The van der Waals surface area contributed by atoms with Crippen LogP contribution in [0.5, 0.6) is 11.5 Å². The maximum Gasteiger partial charge on any atom is 0.270 e. The molecule has 2 N–H and O–H groups in total. The van der Waals surface area contributed by atoms with E-state index >= 15 is 0 Å². The Morgan fingerprint density at radius 2 is 1.56 bits per heavy atom. The molecule has 3 rings (SSSR count). The van der Waals surface area contributed by atoms with Gasteiger partial charge < -0.3 is 20.1 Å². The van der Waals surface area contributed by atoms with Crippen LogP contribution in [-0.2, 0) is 6.54 Å². The maximum atomic E-state index is 12.4. The third-order valence-corrected chi connectivity index (χ3v) is 3.85. The molecule has 0 unspecified atom stereocenters. The van der Waals surface area contributed by atoms with Crippen LogP contribution in [0.4, 0.5) is 11.6 Å². The molecule has 0 saturated heterocycles. The van der Waals surface area contributed by atoms with Gasteiger partial charge in [0, 0.05) is 18.4 Å². The van der Waals surface area contributed by atoms with Gasteiger partial charge in [-0.2, -0.15) is 0 Å². The highest BCUT2D eigenvalue weighted by Gasteiger charge is 2.09. The second-order valence-electron chi connectivity index (χ2n) is 5.65. The van der Waals surface area contributed by atoms with Crippen LogP contribution in [0.2, 0.25) is 0 Å². The third kappa shape index (κ3) is 4.94. The number of methoxy groups -OCH3 is 2. The summed E-state index contributed by atoms with van der Waals surface area (Å²) in [6.07, 6.45) is 1.54. The topological polar surface area (TPSA) is 85.4 Å². The van der Waals surface area contributed by atoms with E-state index in [9.17, 15) is 4.79 Å². The van der Waals surface area contributed by atoms with Crippen molar-refractivity contribution in [2.24, 2.45) is 0 Å². The van der Waals surface area contributed by atoms with E-state index in [4.69, 9.17) is 9.47 Å². The molecule has 0 bridgehead atoms. The molecule has 0 atom stereocenters. The van der Waals surface area contributed by atoms with Gasteiger partial charge in [-0.25, -0.2) is 9.97 Å². The number of amides is 1. The van der Waals surface area contributed by atoms with Crippen molar-refractivity contribution in [2.75, 3.05) is 19.5 Å². The normalized spacial score (nSPS) is 10.1. The van der Waals surface area contributed by atoms with Gasteiger partial charge in [0.05, 0.1) is 14.2 Å². The second kappa shape index (κ2) is 8.66. The fraction of sp³-hybridized carbons (Fsp3) is 0.150. The van der Waals surface area contributed by atoms with Crippen molar-refractivity contribution in [3.8, 4) is 11.5 Å². The Balaban J connectivity index is 1.62. The molecular weight excluding hydrogens is 344 g/mol. The lowest BCUT2D eigenvalue weighted by atomic mass is 10.2. The van der Waals surface area contributed by atoms with Crippen LogP contribution in [0.25, 0.3) is 0 Å². The largest absolute Gasteiger partial charge is 0.497 e. The minimum absolute atomic E-state index is 0.272. The number of carbonyl (C=O) groups excluding carboxylic acids is 1. The molecule has 2 aromatic carbocycles. The smallest absolute Gasteiger partial charge is 0.270 e. The lowest BCUT2D eigenvalue weighted by Crippen LogP contribution is -2.24. The molecule has 138 valence electrons. The number of nitrogens with one attached hydrogen (secondary N) is 2. The summed E-state index contributed by atoms with van der Waals surface area (Å²) in [5.74, 6) is 1.60. The lowest BCUT2D eigenvalue weighted by molar-refractivity contribution is 0.0946. The Kier molecular flexibility index (Phi) is 5.84. The molecule has 0 aliphatic heterocycles. The summed E-state index contributed by atoms with van der Waals surface area (Å²) in [5.41, 5.74) is 2.05. The number of anilines is 2. The van der Waals surface area contributed by atoms with E-state index in [1.54, 1.807) is 26.5 Å². The van der Waals surface area contributed by atoms with Crippen molar-refractivity contribution >= 4 is 17.5 Å². The molecule has 0 aliphatic rings. The number of aromatic nitrogens is 2. The van der Waals surface area contributed by atoms with Gasteiger partial charge in [-0.1, -0.05) is 12.1 Å². The minimum atomic E-state index is -0.272. The van der Waals surface area contributed by atoms with E-state index in [-0.39, 0.29) is 11.6 Å². The highest BCUT2D eigenvalue weighted by molar-refractivity contribution is 5.92. The van der Waals surface area contributed by atoms with Crippen molar-refractivity contribution in [3.63, 3.8) is 0 Å². The van der Waals surface area contributed by atoms with Crippen molar-refractivity contribution in [1.29, 1.82) is 0 Å². The zero-order valence-electron chi connectivity index (χ0n) is 15.1. The second-order valence-corrected chi connectivity index (χ2v) is 5.65. The van der Waals surface area contributed by atoms with E-state index < -0.39 is 0 Å². The molecule has 0 saturated carbocycles. The van der Waals surface area contributed by atoms with Gasteiger partial charge in [0.25, 0.3) is 5.91 Å². The molecule has 0 spiro atoms. The molecule has 1 amide bonds. The summed E-state index contributed by atoms with van der Waals surface area (Å²) in [4.78, 5) is 20.8. The molecule has 0 fully saturated rings. The van der Waals surface area contributed by atoms with Crippen LogP contribution in [0.1, 0.15) is 16.1 Å². The van der Waals surface area contributed by atoms with E-state index in [0.717, 1.165) is 22.7 Å². The van der Waals surface area contributed by atoms with Crippen molar-refractivity contribution in [2.45, 2.75) is 6.54 Å². The van der Waals surface area contributed by atoms with Crippen LogP contribution in [0.15, 0.2) is 60.8 Å².